The largest absolute Gasteiger partial charge is 0.486 e. The first kappa shape index (κ1) is 21.6. The Morgan fingerprint density at radius 2 is 1.73 bits per heavy atom. The summed E-state index contributed by atoms with van der Waals surface area (Å²) in [7, 11) is 0. The maximum Gasteiger partial charge on any atom is 0.271 e. The lowest BCUT2D eigenvalue weighted by Crippen LogP contribution is -2.28. The van der Waals surface area contributed by atoms with E-state index in [4.69, 9.17) is 21.1 Å². The lowest BCUT2D eigenvalue weighted by atomic mass is 10.1. The predicted molar refractivity (Wildman–Crippen MR) is 129 cm³/mol. The molecule has 2 aliphatic heterocycles. The summed E-state index contributed by atoms with van der Waals surface area (Å²) in [5, 5.41) is 1.12. The number of anilines is 1. The lowest BCUT2D eigenvalue weighted by Gasteiger charge is -2.18. The van der Waals surface area contributed by atoms with Gasteiger partial charge >= 0.3 is 0 Å². The van der Waals surface area contributed by atoms with E-state index in [1.807, 2.05) is 24.3 Å². The number of ether oxygens (including phenoxy) is 2. The molecule has 0 atom stereocenters. The van der Waals surface area contributed by atoms with Crippen LogP contribution in [0.1, 0.15) is 11.1 Å². The fourth-order valence-corrected chi connectivity index (χ4v) is 4.55. The summed E-state index contributed by atoms with van der Waals surface area (Å²) in [6.45, 7) is 1.33. The van der Waals surface area contributed by atoms with Crippen LogP contribution in [0.5, 0.6) is 11.5 Å². The van der Waals surface area contributed by atoms with Gasteiger partial charge in [-0.1, -0.05) is 29.8 Å². The minimum absolute atomic E-state index is 0.185. The molecule has 5 rings (SSSR count). The summed E-state index contributed by atoms with van der Waals surface area (Å²) < 4.78 is 24.5. The van der Waals surface area contributed by atoms with Crippen molar-refractivity contribution in [3.05, 3.63) is 93.6 Å². The van der Waals surface area contributed by atoms with Crippen LogP contribution in [0.15, 0.2) is 76.6 Å². The standard InChI is InChI=1S/C25H18ClFN2O3S/c26-18-4-8-20(9-5-18)29-24(30)23(14-17-3-10-21-22(13-17)32-12-11-31-21)33-25(29)28-15-16-1-6-19(27)7-2-16/h1-10,13-14H,11-12,15H2/b23-14-,28-25-. The van der Waals surface area contributed by atoms with Crippen LogP contribution >= 0.6 is 23.4 Å². The number of hydrogen-bond acceptors (Lipinski definition) is 5. The third-order valence-electron chi connectivity index (χ3n) is 5.07. The van der Waals surface area contributed by atoms with Gasteiger partial charge in [0.15, 0.2) is 16.7 Å². The minimum Gasteiger partial charge on any atom is -0.486 e. The van der Waals surface area contributed by atoms with Gasteiger partial charge in [-0.15, -0.1) is 0 Å². The number of fused-ring (bicyclic) bond motifs is 1. The summed E-state index contributed by atoms with van der Waals surface area (Å²) >= 11 is 7.33. The number of halogens is 2. The fourth-order valence-electron chi connectivity index (χ4n) is 3.45. The molecule has 166 valence electrons. The first-order valence-electron chi connectivity index (χ1n) is 10.2. The van der Waals surface area contributed by atoms with Crippen LogP contribution in [-0.2, 0) is 11.3 Å². The Morgan fingerprint density at radius 1 is 1.00 bits per heavy atom. The van der Waals surface area contributed by atoms with Crippen LogP contribution in [0.25, 0.3) is 6.08 Å². The number of hydrogen-bond donors (Lipinski definition) is 0. The summed E-state index contributed by atoms with van der Waals surface area (Å²) in [5.41, 5.74) is 2.34. The van der Waals surface area contributed by atoms with E-state index in [2.05, 4.69) is 4.99 Å². The van der Waals surface area contributed by atoms with Crippen LogP contribution in [0.4, 0.5) is 10.1 Å². The van der Waals surface area contributed by atoms with E-state index in [0.717, 1.165) is 11.1 Å². The number of thioether (sulfide) groups is 1. The highest BCUT2D eigenvalue weighted by Gasteiger charge is 2.34. The number of benzene rings is 3. The number of rotatable bonds is 4. The Kier molecular flexibility index (Phi) is 6.07. The molecule has 1 fully saturated rings. The minimum atomic E-state index is -0.302. The molecule has 8 heteroatoms. The molecule has 33 heavy (non-hydrogen) atoms. The molecule has 0 saturated carbocycles. The van der Waals surface area contributed by atoms with Crippen molar-refractivity contribution in [2.45, 2.75) is 6.54 Å². The summed E-state index contributed by atoms with van der Waals surface area (Å²) in [6.07, 6.45) is 1.81. The number of amidine groups is 1. The molecule has 1 saturated heterocycles. The molecular weight excluding hydrogens is 463 g/mol. The van der Waals surface area contributed by atoms with Gasteiger partial charge in [-0.3, -0.25) is 14.7 Å². The molecule has 5 nitrogen and oxygen atoms in total. The van der Waals surface area contributed by atoms with Gasteiger partial charge in [0.1, 0.15) is 19.0 Å². The Bertz CT molecular complexity index is 1260. The van der Waals surface area contributed by atoms with E-state index >= 15 is 0 Å². The normalized spacial score (nSPS) is 17.8. The monoisotopic (exact) mass is 480 g/mol. The van der Waals surface area contributed by atoms with Gasteiger partial charge in [-0.25, -0.2) is 4.39 Å². The highest BCUT2D eigenvalue weighted by molar-refractivity contribution is 8.19. The summed E-state index contributed by atoms with van der Waals surface area (Å²) in [4.78, 5) is 20.1. The smallest absolute Gasteiger partial charge is 0.271 e. The van der Waals surface area contributed by atoms with Crippen molar-refractivity contribution >= 4 is 46.2 Å². The van der Waals surface area contributed by atoms with E-state index < -0.39 is 0 Å². The number of amides is 1. The van der Waals surface area contributed by atoms with E-state index in [1.54, 1.807) is 41.3 Å². The van der Waals surface area contributed by atoms with Crippen molar-refractivity contribution in [2.75, 3.05) is 18.1 Å². The van der Waals surface area contributed by atoms with Gasteiger partial charge in [-0.05, 0) is 77.5 Å². The molecule has 1 amide bonds. The number of carbonyl (C=O) groups excluding carboxylic acids is 1. The summed E-state index contributed by atoms with van der Waals surface area (Å²) in [5.74, 6) is 0.864. The van der Waals surface area contributed by atoms with Crippen molar-refractivity contribution in [1.29, 1.82) is 0 Å². The molecule has 0 aromatic heterocycles. The highest BCUT2D eigenvalue weighted by Crippen LogP contribution is 2.38. The van der Waals surface area contributed by atoms with Gasteiger partial charge in [0.05, 0.1) is 17.1 Å². The second kappa shape index (κ2) is 9.29. The molecule has 0 radical (unpaired) electrons. The van der Waals surface area contributed by atoms with Crippen molar-refractivity contribution in [3.8, 4) is 11.5 Å². The molecule has 0 N–H and O–H groups in total. The average Bonchev–Trinajstić information content (AvgIpc) is 3.14. The van der Waals surface area contributed by atoms with Crippen LogP contribution in [0.3, 0.4) is 0 Å². The van der Waals surface area contributed by atoms with Crippen LogP contribution in [-0.4, -0.2) is 24.3 Å². The van der Waals surface area contributed by atoms with Gasteiger partial charge < -0.3 is 9.47 Å². The van der Waals surface area contributed by atoms with Gasteiger partial charge in [0, 0.05) is 5.02 Å². The Morgan fingerprint density at radius 3 is 2.48 bits per heavy atom. The lowest BCUT2D eigenvalue weighted by molar-refractivity contribution is -0.113. The van der Waals surface area contributed by atoms with Crippen LogP contribution in [0, 0.1) is 5.82 Å². The molecule has 2 aliphatic rings. The third kappa shape index (κ3) is 4.74. The Labute approximate surface area is 199 Å². The van der Waals surface area contributed by atoms with E-state index in [0.29, 0.717) is 52.0 Å². The quantitative estimate of drug-likeness (QED) is 0.434. The number of aliphatic imine (C=N–C) groups is 1. The molecule has 3 aromatic carbocycles. The Balaban J connectivity index is 1.48. The second-order valence-corrected chi connectivity index (χ2v) is 8.80. The molecule has 0 bridgehead atoms. The highest BCUT2D eigenvalue weighted by atomic mass is 35.5. The van der Waals surface area contributed by atoms with Crippen molar-refractivity contribution < 1.29 is 18.7 Å². The zero-order valence-electron chi connectivity index (χ0n) is 17.3. The third-order valence-corrected chi connectivity index (χ3v) is 6.32. The maximum atomic E-state index is 13.4. The molecule has 0 spiro atoms. The second-order valence-electron chi connectivity index (χ2n) is 7.36. The molecule has 0 unspecified atom stereocenters. The average molecular weight is 481 g/mol. The zero-order valence-corrected chi connectivity index (χ0v) is 18.9. The van der Waals surface area contributed by atoms with Gasteiger partial charge in [0.2, 0.25) is 0 Å². The van der Waals surface area contributed by atoms with Gasteiger partial charge in [-0.2, -0.15) is 0 Å². The SMILES string of the molecule is O=C1/C(=C/c2ccc3c(c2)OCCO3)S/C(=N\Cc2ccc(F)cc2)N1c1ccc(Cl)cc1. The summed E-state index contributed by atoms with van der Waals surface area (Å²) in [6, 6.07) is 18.8. The van der Waals surface area contributed by atoms with Crippen molar-refractivity contribution in [2.24, 2.45) is 4.99 Å². The Hall–Kier alpha value is -3.29. The first-order valence-corrected chi connectivity index (χ1v) is 11.4. The van der Waals surface area contributed by atoms with E-state index in [9.17, 15) is 9.18 Å². The molecule has 2 heterocycles. The van der Waals surface area contributed by atoms with E-state index in [1.165, 1.54) is 23.9 Å². The van der Waals surface area contributed by atoms with Gasteiger partial charge in [0.25, 0.3) is 5.91 Å². The molecule has 3 aromatic rings. The van der Waals surface area contributed by atoms with Crippen LogP contribution in [0.2, 0.25) is 5.02 Å². The fraction of sp³-hybridized carbons (Fsp3) is 0.120. The maximum absolute atomic E-state index is 13.4. The van der Waals surface area contributed by atoms with E-state index in [-0.39, 0.29) is 11.7 Å². The number of nitrogens with zero attached hydrogens (tertiary/aromatic N) is 2. The zero-order chi connectivity index (χ0) is 22.8. The van der Waals surface area contributed by atoms with Crippen molar-refractivity contribution in [3.63, 3.8) is 0 Å². The first-order chi connectivity index (χ1) is 16.1. The topological polar surface area (TPSA) is 51.1 Å². The molecule has 0 aliphatic carbocycles. The molecular formula is C25H18ClFN2O3S. The number of carbonyl (C=O) groups is 1. The van der Waals surface area contributed by atoms with Crippen molar-refractivity contribution in [1.82, 2.24) is 0 Å². The van der Waals surface area contributed by atoms with Crippen LogP contribution < -0.4 is 14.4 Å². The predicted octanol–water partition coefficient (Wildman–Crippen LogP) is 5.93.